The Morgan fingerprint density at radius 3 is 2.40 bits per heavy atom. The Morgan fingerprint density at radius 2 is 1.76 bits per heavy atom. The average Bonchev–Trinajstić information content (AvgIpc) is 2.56. The summed E-state index contributed by atoms with van der Waals surface area (Å²) < 4.78 is 13.6. The van der Waals surface area contributed by atoms with Crippen molar-refractivity contribution >= 4 is 64.1 Å². The van der Waals surface area contributed by atoms with Crippen LogP contribution in [0.1, 0.15) is 5.56 Å². The molecule has 8 heteroatoms. The number of benzene rings is 2. The Kier molecular flexibility index (Phi) is 4.85. The Balaban J connectivity index is 2.01. The molecule has 0 saturated carbocycles. The molecule has 0 radical (unpaired) electrons. The third-order valence-electron chi connectivity index (χ3n) is 3.44. The molecule has 2 aromatic carbocycles. The van der Waals surface area contributed by atoms with Gasteiger partial charge in [-0.1, -0.05) is 29.3 Å². The Hall–Kier alpha value is -2.28. The van der Waals surface area contributed by atoms with Gasteiger partial charge in [-0.2, -0.15) is 0 Å². The van der Waals surface area contributed by atoms with Crippen molar-refractivity contribution in [1.29, 1.82) is 0 Å². The third kappa shape index (κ3) is 3.56. The van der Waals surface area contributed by atoms with Crippen LogP contribution in [0.25, 0.3) is 6.08 Å². The zero-order valence-corrected chi connectivity index (χ0v) is 14.8. The highest BCUT2D eigenvalue weighted by Gasteiger charge is 2.34. The summed E-state index contributed by atoms with van der Waals surface area (Å²) in [5.74, 6) is -1.92. The van der Waals surface area contributed by atoms with Crippen LogP contribution in [-0.2, 0) is 9.59 Å². The summed E-state index contributed by atoms with van der Waals surface area (Å²) in [6.45, 7) is 0. The molecule has 126 valence electrons. The first-order chi connectivity index (χ1) is 11.9. The highest BCUT2D eigenvalue weighted by atomic mass is 35.5. The van der Waals surface area contributed by atoms with Gasteiger partial charge in [-0.25, -0.2) is 4.39 Å². The topological polar surface area (TPSA) is 49.4 Å². The number of hydrogen-bond acceptors (Lipinski definition) is 3. The molecule has 0 unspecified atom stereocenters. The number of rotatable bonds is 2. The van der Waals surface area contributed by atoms with Crippen LogP contribution in [0.4, 0.5) is 10.1 Å². The molecule has 2 amide bonds. The van der Waals surface area contributed by atoms with Gasteiger partial charge >= 0.3 is 0 Å². The highest BCUT2D eigenvalue weighted by Crippen LogP contribution is 2.24. The van der Waals surface area contributed by atoms with Crippen LogP contribution in [-0.4, -0.2) is 16.9 Å². The van der Waals surface area contributed by atoms with Crippen molar-refractivity contribution in [3.05, 3.63) is 69.5 Å². The average molecular weight is 395 g/mol. The van der Waals surface area contributed by atoms with E-state index in [-0.39, 0.29) is 15.7 Å². The molecule has 1 saturated heterocycles. The van der Waals surface area contributed by atoms with E-state index in [1.165, 1.54) is 23.1 Å². The SMILES string of the molecule is O=C1NC(=S)N(c2ccc(Cl)cc2)C(=O)/C1=C/c1ccc(Cl)c(F)c1. The van der Waals surface area contributed by atoms with E-state index in [0.717, 1.165) is 6.07 Å². The minimum atomic E-state index is -0.657. The van der Waals surface area contributed by atoms with Crippen molar-refractivity contribution < 1.29 is 14.0 Å². The zero-order chi connectivity index (χ0) is 18.1. The lowest BCUT2D eigenvalue weighted by molar-refractivity contribution is -0.122. The maximum absolute atomic E-state index is 13.6. The summed E-state index contributed by atoms with van der Waals surface area (Å²) in [6, 6.07) is 10.4. The minimum Gasteiger partial charge on any atom is -0.298 e. The number of nitrogens with one attached hydrogen (secondary N) is 1. The van der Waals surface area contributed by atoms with Gasteiger partial charge in [0.05, 0.1) is 10.7 Å². The summed E-state index contributed by atoms with van der Waals surface area (Å²) in [4.78, 5) is 26.1. The third-order valence-corrected chi connectivity index (χ3v) is 4.28. The van der Waals surface area contributed by atoms with E-state index in [1.54, 1.807) is 24.3 Å². The molecule has 0 atom stereocenters. The Morgan fingerprint density at radius 1 is 1.08 bits per heavy atom. The summed E-state index contributed by atoms with van der Waals surface area (Å²) >= 11 is 16.6. The highest BCUT2D eigenvalue weighted by molar-refractivity contribution is 7.80. The fourth-order valence-corrected chi connectivity index (χ4v) is 2.78. The van der Waals surface area contributed by atoms with Gasteiger partial charge in [-0.05, 0) is 60.3 Å². The lowest BCUT2D eigenvalue weighted by Crippen LogP contribution is -2.54. The molecule has 1 N–H and O–H groups in total. The van der Waals surface area contributed by atoms with Crippen molar-refractivity contribution in [2.75, 3.05) is 4.90 Å². The number of halogens is 3. The van der Waals surface area contributed by atoms with Crippen LogP contribution >= 0.6 is 35.4 Å². The molecule has 1 fully saturated rings. The number of carbonyl (C=O) groups is 2. The summed E-state index contributed by atoms with van der Waals surface area (Å²) in [5, 5.41) is 2.85. The maximum Gasteiger partial charge on any atom is 0.270 e. The van der Waals surface area contributed by atoms with Crippen LogP contribution in [0.15, 0.2) is 48.0 Å². The number of nitrogens with zero attached hydrogens (tertiary/aromatic N) is 1. The van der Waals surface area contributed by atoms with E-state index in [9.17, 15) is 14.0 Å². The molecule has 0 spiro atoms. The molecule has 1 aliphatic rings. The first kappa shape index (κ1) is 17.5. The molecule has 3 rings (SSSR count). The second kappa shape index (κ2) is 6.92. The normalized spacial score (nSPS) is 16.4. The molecule has 1 aliphatic heterocycles. The molecule has 0 bridgehead atoms. The number of hydrogen-bond donors (Lipinski definition) is 1. The molecular formula is C17H9Cl2FN2O2S. The summed E-state index contributed by atoms with van der Waals surface area (Å²) in [6.07, 6.45) is 1.28. The van der Waals surface area contributed by atoms with E-state index in [2.05, 4.69) is 5.32 Å². The van der Waals surface area contributed by atoms with Gasteiger partial charge in [0.1, 0.15) is 11.4 Å². The van der Waals surface area contributed by atoms with Crippen molar-refractivity contribution in [2.24, 2.45) is 0 Å². The van der Waals surface area contributed by atoms with Crippen molar-refractivity contribution in [3.8, 4) is 0 Å². The predicted molar refractivity (Wildman–Crippen MR) is 99.1 cm³/mol. The molecular weight excluding hydrogens is 386 g/mol. The fraction of sp³-hybridized carbons (Fsp3) is 0. The Bertz CT molecular complexity index is 929. The van der Waals surface area contributed by atoms with E-state index in [0.29, 0.717) is 16.3 Å². The van der Waals surface area contributed by atoms with Gasteiger partial charge in [0.2, 0.25) is 0 Å². The van der Waals surface area contributed by atoms with Gasteiger partial charge < -0.3 is 0 Å². The molecule has 0 aromatic heterocycles. The van der Waals surface area contributed by atoms with E-state index < -0.39 is 17.6 Å². The van der Waals surface area contributed by atoms with Crippen LogP contribution in [0, 0.1) is 5.82 Å². The molecule has 1 heterocycles. The number of amides is 2. The quantitative estimate of drug-likeness (QED) is 0.476. The summed E-state index contributed by atoms with van der Waals surface area (Å²) in [5.41, 5.74) is 0.599. The van der Waals surface area contributed by atoms with Crippen molar-refractivity contribution in [2.45, 2.75) is 0 Å². The number of anilines is 1. The molecule has 0 aliphatic carbocycles. The van der Waals surface area contributed by atoms with Crippen LogP contribution in [0.2, 0.25) is 10.0 Å². The van der Waals surface area contributed by atoms with Crippen LogP contribution in [0.5, 0.6) is 0 Å². The zero-order valence-electron chi connectivity index (χ0n) is 12.4. The fourth-order valence-electron chi connectivity index (χ4n) is 2.25. The monoisotopic (exact) mass is 394 g/mol. The van der Waals surface area contributed by atoms with Gasteiger partial charge in [-0.15, -0.1) is 0 Å². The van der Waals surface area contributed by atoms with Gasteiger partial charge in [0.25, 0.3) is 11.8 Å². The number of carbonyl (C=O) groups excluding carboxylic acids is 2. The predicted octanol–water partition coefficient (Wildman–Crippen LogP) is 3.96. The molecule has 2 aromatic rings. The lowest BCUT2D eigenvalue weighted by atomic mass is 10.1. The van der Waals surface area contributed by atoms with Gasteiger partial charge in [0.15, 0.2) is 5.11 Å². The molecule has 4 nitrogen and oxygen atoms in total. The summed E-state index contributed by atoms with van der Waals surface area (Å²) in [7, 11) is 0. The second-order valence-corrected chi connectivity index (χ2v) is 6.34. The van der Waals surface area contributed by atoms with Crippen LogP contribution < -0.4 is 10.2 Å². The Labute approximate surface area is 157 Å². The first-order valence-corrected chi connectivity index (χ1v) is 8.15. The van der Waals surface area contributed by atoms with Crippen LogP contribution in [0.3, 0.4) is 0 Å². The first-order valence-electron chi connectivity index (χ1n) is 6.99. The van der Waals surface area contributed by atoms with Gasteiger partial charge in [0, 0.05) is 5.02 Å². The standard InChI is InChI=1S/C17H9Cl2FN2O2S/c18-10-2-4-11(5-3-10)22-16(24)12(15(23)21-17(22)25)7-9-1-6-13(19)14(20)8-9/h1-8H,(H,21,23,25)/b12-7+. The number of thiocarbonyl (C=S) groups is 1. The second-order valence-electron chi connectivity index (χ2n) is 5.11. The van der Waals surface area contributed by atoms with Gasteiger partial charge in [-0.3, -0.25) is 19.8 Å². The van der Waals surface area contributed by atoms with Crippen molar-refractivity contribution in [3.63, 3.8) is 0 Å². The van der Waals surface area contributed by atoms with E-state index >= 15 is 0 Å². The van der Waals surface area contributed by atoms with E-state index in [1.807, 2.05) is 0 Å². The minimum absolute atomic E-state index is 0.0447. The maximum atomic E-state index is 13.6. The molecule has 25 heavy (non-hydrogen) atoms. The smallest absolute Gasteiger partial charge is 0.270 e. The van der Waals surface area contributed by atoms with E-state index in [4.69, 9.17) is 35.4 Å². The largest absolute Gasteiger partial charge is 0.298 e. The van der Waals surface area contributed by atoms with Crippen molar-refractivity contribution in [1.82, 2.24) is 5.32 Å². The lowest BCUT2D eigenvalue weighted by Gasteiger charge is -2.28.